The molecule has 0 bridgehead atoms. The van der Waals surface area contributed by atoms with Crippen LogP contribution in [0.2, 0.25) is 5.02 Å². The zero-order valence-corrected chi connectivity index (χ0v) is 16.2. The smallest absolute Gasteiger partial charge is 0.355 e. The molecule has 6 nitrogen and oxygen atoms in total. The number of hydrazone groups is 1. The summed E-state index contributed by atoms with van der Waals surface area (Å²) in [6, 6.07) is 14.4. The van der Waals surface area contributed by atoms with Crippen LogP contribution in [0.1, 0.15) is 35.7 Å². The van der Waals surface area contributed by atoms with Gasteiger partial charge in [0.15, 0.2) is 11.5 Å². The minimum Gasteiger partial charge on any atom is -0.461 e. The van der Waals surface area contributed by atoms with E-state index in [0.717, 1.165) is 5.01 Å². The lowest BCUT2D eigenvalue weighted by Gasteiger charge is -2.25. The number of ketones is 1. The first-order valence-corrected chi connectivity index (χ1v) is 9.22. The van der Waals surface area contributed by atoms with Gasteiger partial charge in [0.1, 0.15) is 6.04 Å². The number of esters is 1. The van der Waals surface area contributed by atoms with E-state index in [-0.39, 0.29) is 18.1 Å². The third-order valence-corrected chi connectivity index (χ3v) is 4.70. The van der Waals surface area contributed by atoms with Gasteiger partial charge >= 0.3 is 5.97 Å². The van der Waals surface area contributed by atoms with Gasteiger partial charge in [-0.05, 0) is 24.6 Å². The number of amides is 1. The molecule has 1 amide bonds. The molecule has 2 aromatic rings. The molecule has 7 heteroatoms. The maximum Gasteiger partial charge on any atom is 0.355 e. The fourth-order valence-electron chi connectivity index (χ4n) is 3.22. The number of carbonyl (C=O) groups is 3. The number of hydrogen-bond donors (Lipinski definition) is 0. The molecule has 0 spiro atoms. The van der Waals surface area contributed by atoms with Crippen molar-refractivity contribution < 1.29 is 19.1 Å². The molecule has 2 unspecified atom stereocenters. The Bertz CT molecular complexity index is 925. The van der Waals surface area contributed by atoms with Gasteiger partial charge in [0.25, 0.3) is 0 Å². The van der Waals surface area contributed by atoms with E-state index in [4.69, 9.17) is 16.3 Å². The highest BCUT2D eigenvalue weighted by molar-refractivity contribution is 6.40. The number of hydrogen-bond acceptors (Lipinski definition) is 5. The highest BCUT2D eigenvalue weighted by Crippen LogP contribution is 2.35. The molecular formula is C21H19ClN2O4. The summed E-state index contributed by atoms with van der Waals surface area (Å²) in [6.07, 6.45) is 0. The lowest BCUT2D eigenvalue weighted by atomic mass is 9.84. The van der Waals surface area contributed by atoms with E-state index in [2.05, 4.69) is 5.10 Å². The summed E-state index contributed by atoms with van der Waals surface area (Å²) < 4.78 is 5.12. The Balaban J connectivity index is 2.12. The fourth-order valence-corrected chi connectivity index (χ4v) is 3.34. The minimum absolute atomic E-state index is 0.0219. The molecule has 0 aromatic heterocycles. The number of Topliss-reactive ketones (excluding diaryl/α,β-unsaturated/α-hetero) is 1. The monoisotopic (exact) mass is 398 g/mol. The second-order valence-corrected chi connectivity index (χ2v) is 6.71. The van der Waals surface area contributed by atoms with Gasteiger partial charge < -0.3 is 4.74 Å². The van der Waals surface area contributed by atoms with Crippen molar-refractivity contribution >= 4 is 35.0 Å². The van der Waals surface area contributed by atoms with Gasteiger partial charge in [-0.15, -0.1) is 0 Å². The molecule has 0 N–H and O–H groups in total. The normalized spacial score (nSPS) is 18.5. The van der Waals surface area contributed by atoms with Crippen LogP contribution in [0, 0.1) is 0 Å². The number of nitrogens with zero attached hydrogens (tertiary/aromatic N) is 2. The lowest BCUT2D eigenvalue weighted by Crippen LogP contribution is -2.42. The maximum absolute atomic E-state index is 13.3. The molecule has 28 heavy (non-hydrogen) atoms. The molecular weight excluding hydrogens is 380 g/mol. The van der Waals surface area contributed by atoms with Crippen LogP contribution >= 0.6 is 11.6 Å². The van der Waals surface area contributed by atoms with E-state index in [1.165, 1.54) is 6.92 Å². The Morgan fingerprint density at radius 3 is 2.29 bits per heavy atom. The molecule has 0 saturated heterocycles. The van der Waals surface area contributed by atoms with E-state index in [1.807, 2.05) is 0 Å². The first kappa shape index (κ1) is 19.8. The van der Waals surface area contributed by atoms with E-state index >= 15 is 0 Å². The van der Waals surface area contributed by atoms with Crippen LogP contribution in [0.3, 0.4) is 0 Å². The second-order valence-electron chi connectivity index (χ2n) is 6.27. The van der Waals surface area contributed by atoms with Crippen LogP contribution in [0.5, 0.6) is 0 Å². The zero-order valence-electron chi connectivity index (χ0n) is 15.5. The number of rotatable bonds is 5. The van der Waals surface area contributed by atoms with Crippen molar-refractivity contribution in [2.24, 2.45) is 5.10 Å². The van der Waals surface area contributed by atoms with E-state index < -0.39 is 23.8 Å². The van der Waals surface area contributed by atoms with Crippen LogP contribution in [-0.4, -0.2) is 41.0 Å². The average molecular weight is 399 g/mol. The highest BCUT2D eigenvalue weighted by atomic mass is 35.5. The summed E-state index contributed by atoms with van der Waals surface area (Å²) >= 11 is 5.99. The number of benzene rings is 2. The first-order chi connectivity index (χ1) is 13.4. The molecule has 0 saturated carbocycles. The SMILES string of the molecule is CCOC(=O)C1=NN(C(C)=O)C(C(=O)c2ccccc2)C1c1ccc(Cl)cc1. The molecule has 2 aromatic carbocycles. The van der Waals surface area contributed by atoms with Crippen LogP contribution < -0.4 is 0 Å². The molecule has 0 aliphatic carbocycles. The number of carbonyl (C=O) groups excluding carboxylic acids is 3. The van der Waals surface area contributed by atoms with Gasteiger partial charge in [-0.2, -0.15) is 5.10 Å². The van der Waals surface area contributed by atoms with Crippen molar-refractivity contribution in [2.75, 3.05) is 6.61 Å². The standard InChI is InChI=1S/C21H19ClN2O4/c1-3-28-21(27)18-17(14-9-11-16(22)12-10-14)19(24(23-18)13(2)25)20(26)15-7-5-4-6-8-15/h4-12,17,19H,3H2,1-2H3. The third-order valence-electron chi connectivity index (χ3n) is 4.45. The second kappa shape index (κ2) is 8.35. The molecule has 2 atom stereocenters. The van der Waals surface area contributed by atoms with Gasteiger partial charge in [-0.25, -0.2) is 9.80 Å². The summed E-state index contributed by atoms with van der Waals surface area (Å²) in [5.74, 6) is -2.16. The number of ether oxygens (including phenoxy) is 1. The van der Waals surface area contributed by atoms with Crippen molar-refractivity contribution in [3.63, 3.8) is 0 Å². The molecule has 1 aliphatic heterocycles. The quantitative estimate of drug-likeness (QED) is 0.571. The van der Waals surface area contributed by atoms with Gasteiger partial charge in [-0.1, -0.05) is 54.1 Å². The molecule has 1 heterocycles. The van der Waals surface area contributed by atoms with Crippen LogP contribution in [0.25, 0.3) is 0 Å². The van der Waals surface area contributed by atoms with Crippen molar-refractivity contribution in [3.8, 4) is 0 Å². The summed E-state index contributed by atoms with van der Waals surface area (Å²) in [4.78, 5) is 38.1. The van der Waals surface area contributed by atoms with Crippen LogP contribution in [-0.2, 0) is 14.3 Å². The highest BCUT2D eigenvalue weighted by Gasteiger charge is 2.47. The molecule has 144 valence electrons. The van der Waals surface area contributed by atoms with Gasteiger partial charge in [0.2, 0.25) is 5.91 Å². The Hall–Kier alpha value is -2.99. The Labute approximate surface area is 167 Å². The van der Waals surface area contributed by atoms with Crippen molar-refractivity contribution in [1.29, 1.82) is 0 Å². The van der Waals surface area contributed by atoms with Crippen molar-refractivity contribution in [1.82, 2.24) is 5.01 Å². The predicted molar refractivity (Wildman–Crippen MR) is 105 cm³/mol. The van der Waals surface area contributed by atoms with Crippen molar-refractivity contribution in [3.05, 3.63) is 70.7 Å². The largest absolute Gasteiger partial charge is 0.461 e. The lowest BCUT2D eigenvalue weighted by molar-refractivity contribution is -0.135. The molecule has 3 rings (SSSR count). The summed E-state index contributed by atoms with van der Waals surface area (Å²) in [5, 5.41) is 5.78. The topological polar surface area (TPSA) is 76.0 Å². The van der Waals surface area contributed by atoms with Gasteiger partial charge in [0, 0.05) is 17.5 Å². The Morgan fingerprint density at radius 2 is 1.71 bits per heavy atom. The van der Waals surface area contributed by atoms with Crippen LogP contribution in [0.15, 0.2) is 59.7 Å². The van der Waals surface area contributed by atoms with E-state index in [9.17, 15) is 14.4 Å². The summed E-state index contributed by atoms with van der Waals surface area (Å²) in [6.45, 7) is 3.14. The Morgan fingerprint density at radius 1 is 1.07 bits per heavy atom. The van der Waals surface area contributed by atoms with Crippen LogP contribution in [0.4, 0.5) is 0 Å². The molecule has 0 radical (unpaired) electrons. The zero-order chi connectivity index (χ0) is 20.3. The fraction of sp³-hybridized carbons (Fsp3) is 0.238. The average Bonchev–Trinajstić information content (AvgIpc) is 3.10. The maximum atomic E-state index is 13.3. The van der Waals surface area contributed by atoms with Gasteiger partial charge in [-0.3, -0.25) is 9.59 Å². The predicted octanol–water partition coefficient (Wildman–Crippen LogP) is 3.46. The first-order valence-electron chi connectivity index (χ1n) is 8.84. The minimum atomic E-state index is -0.986. The van der Waals surface area contributed by atoms with E-state index in [1.54, 1.807) is 61.5 Å². The number of halogens is 1. The third kappa shape index (κ3) is 3.82. The van der Waals surface area contributed by atoms with Gasteiger partial charge in [0.05, 0.1) is 12.5 Å². The van der Waals surface area contributed by atoms with Crippen molar-refractivity contribution in [2.45, 2.75) is 25.8 Å². The Kier molecular flexibility index (Phi) is 5.90. The molecule has 0 fully saturated rings. The summed E-state index contributed by atoms with van der Waals surface area (Å²) in [7, 11) is 0. The summed E-state index contributed by atoms with van der Waals surface area (Å²) in [5.41, 5.74) is 1.10. The van der Waals surface area contributed by atoms with E-state index in [0.29, 0.717) is 16.1 Å². The molecule has 1 aliphatic rings.